The van der Waals surface area contributed by atoms with Crippen LogP contribution in [-0.4, -0.2) is 29.1 Å². The van der Waals surface area contributed by atoms with Crippen LogP contribution in [0.5, 0.6) is 11.5 Å². The monoisotopic (exact) mass is 531 g/mol. The van der Waals surface area contributed by atoms with Crippen LogP contribution in [0.25, 0.3) is 6.08 Å². The number of rotatable bonds is 6. The van der Waals surface area contributed by atoms with Gasteiger partial charge >= 0.3 is 5.97 Å². The summed E-state index contributed by atoms with van der Waals surface area (Å²) in [5.74, 6) is -1.37. The molecule has 6 nitrogen and oxygen atoms in total. The van der Waals surface area contributed by atoms with Crippen molar-refractivity contribution in [2.75, 3.05) is 7.11 Å². The normalized spacial score (nSPS) is 14.5. The fraction of sp³-hybridized carbons (Fsp3) is 0.0800. The second-order valence-electron chi connectivity index (χ2n) is 7.28. The lowest BCUT2D eigenvalue weighted by molar-refractivity contribution is -0.123. The van der Waals surface area contributed by atoms with E-state index in [1.807, 2.05) is 0 Å². The largest absolute Gasteiger partial charge is 0.493 e. The van der Waals surface area contributed by atoms with E-state index in [-0.39, 0.29) is 39.1 Å². The third-order valence-corrected chi connectivity index (χ3v) is 6.45. The number of esters is 1. The maximum Gasteiger partial charge on any atom is 0.345 e. The van der Waals surface area contributed by atoms with Crippen LogP contribution in [0, 0.1) is 5.82 Å². The molecule has 1 fully saturated rings. The van der Waals surface area contributed by atoms with Crippen LogP contribution in [0.2, 0.25) is 10.0 Å². The summed E-state index contributed by atoms with van der Waals surface area (Å²) in [6.45, 7) is -0.167. The van der Waals surface area contributed by atoms with Crippen molar-refractivity contribution in [2.24, 2.45) is 0 Å². The van der Waals surface area contributed by atoms with Crippen molar-refractivity contribution in [3.63, 3.8) is 0 Å². The Labute approximate surface area is 214 Å². The van der Waals surface area contributed by atoms with Gasteiger partial charge in [-0.05, 0) is 59.8 Å². The first-order valence-corrected chi connectivity index (χ1v) is 11.7. The highest BCUT2D eigenvalue weighted by molar-refractivity contribution is 8.18. The number of hydrogen-bond donors (Lipinski definition) is 0. The standard InChI is InChI=1S/C25H16Cl2FNO5S/c1-33-21-10-14(6-9-20(21)34-24(31)17-8-7-16(26)12-18(17)27)11-22-23(30)29(25(32)35-22)13-15-4-2-3-5-19(15)28/h2-12H,13H2,1H3/b22-11-. The smallest absolute Gasteiger partial charge is 0.345 e. The molecule has 0 atom stereocenters. The summed E-state index contributed by atoms with van der Waals surface area (Å²) in [5.41, 5.74) is 0.901. The van der Waals surface area contributed by atoms with Gasteiger partial charge in [0.25, 0.3) is 11.1 Å². The number of halogens is 3. The Kier molecular flexibility index (Phi) is 7.45. The summed E-state index contributed by atoms with van der Waals surface area (Å²) < 4.78 is 24.7. The molecule has 3 aromatic carbocycles. The molecule has 0 aromatic heterocycles. The minimum absolute atomic E-state index is 0.130. The van der Waals surface area contributed by atoms with Crippen molar-refractivity contribution < 1.29 is 28.2 Å². The summed E-state index contributed by atoms with van der Waals surface area (Å²) in [6.07, 6.45) is 1.51. The van der Waals surface area contributed by atoms with E-state index in [0.717, 1.165) is 16.7 Å². The minimum atomic E-state index is -0.702. The summed E-state index contributed by atoms with van der Waals surface area (Å²) in [4.78, 5) is 38.9. The third kappa shape index (κ3) is 5.51. The van der Waals surface area contributed by atoms with Gasteiger partial charge in [-0.3, -0.25) is 14.5 Å². The molecule has 1 aliphatic rings. The van der Waals surface area contributed by atoms with E-state index in [0.29, 0.717) is 10.6 Å². The Morgan fingerprint density at radius 3 is 2.54 bits per heavy atom. The Bertz CT molecular complexity index is 1380. The van der Waals surface area contributed by atoms with E-state index in [9.17, 15) is 18.8 Å². The second-order valence-corrected chi connectivity index (χ2v) is 9.12. The molecule has 1 aliphatic heterocycles. The van der Waals surface area contributed by atoms with Crippen LogP contribution in [0.1, 0.15) is 21.5 Å². The van der Waals surface area contributed by atoms with Crippen LogP contribution in [0.4, 0.5) is 9.18 Å². The van der Waals surface area contributed by atoms with Gasteiger partial charge < -0.3 is 9.47 Å². The van der Waals surface area contributed by atoms with E-state index in [1.54, 1.807) is 18.2 Å². The number of ether oxygens (including phenoxy) is 2. The molecule has 0 aliphatic carbocycles. The topological polar surface area (TPSA) is 72.9 Å². The fourth-order valence-electron chi connectivity index (χ4n) is 3.25. The molecule has 4 rings (SSSR count). The van der Waals surface area contributed by atoms with E-state index >= 15 is 0 Å². The van der Waals surface area contributed by atoms with Gasteiger partial charge in [-0.25, -0.2) is 9.18 Å². The van der Waals surface area contributed by atoms with Crippen LogP contribution < -0.4 is 9.47 Å². The number of imide groups is 1. The molecule has 1 heterocycles. The first-order valence-electron chi connectivity index (χ1n) is 10.1. The molecule has 3 aromatic rings. The maximum absolute atomic E-state index is 14.0. The van der Waals surface area contributed by atoms with Gasteiger partial charge in [0.1, 0.15) is 5.82 Å². The molecule has 2 amide bonds. The molecule has 10 heteroatoms. The fourth-order valence-corrected chi connectivity index (χ4v) is 4.58. The van der Waals surface area contributed by atoms with Crippen molar-refractivity contribution >= 4 is 58.2 Å². The quantitative estimate of drug-likeness (QED) is 0.203. The van der Waals surface area contributed by atoms with Crippen molar-refractivity contribution in [2.45, 2.75) is 6.54 Å². The molecule has 1 saturated heterocycles. The Hall–Kier alpha value is -3.33. The molecular weight excluding hydrogens is 516 g/mol. The van der Waals surface area contributed by atoms with Crippen molar-refractivity contribution in [1.82, 2.24) is 4.90 Å². The lowest BCUT2D eigenvalue weighted by Gasteiger charge is -2.13. The molecule has 0 spiro atoms. The summed E-state index contributed by atoms with van der Waals surface area (Å²) in [5, 5.41) is 0.0258. The predicted octanol–water partition coefficient (Wildman–Crippen LogP) is 6.60. The highest BCUT2D eigenvalue weighted by Crippen LogP contribution is 2.36. The molecule has 0 unspecified atom stereocenters. The highest BCUT2D eigenvalue weighted by Gasteiger charge is 2.35. The summed E-state index contributed by atoms with van der Waals surface area (Å²) >= 11 is 12.7. The zero-order valence-corrected chi connectivity index (χ0v) is 20.4. The van der Waals surface area contributed by atoms with Crippen LogP contribution in [-0.2, 0) is 11.3 Å². The number of methoxy groups -OCH3 is 1. The highest BCUT2D eigenvalue weighted by atomic mass is 35.5. The van der Waals surface area contributed by atoms with Crippen LogP contribution >= 0.6 is 35.0 Å². The lowest BCUT2D eigenvalue weighted by atomic mass is 10.1. The third-order valence-electron chi connectivity index (χ3n) is 5.00. The zero-order chi connectivity index (χ0) is 25.1. The number of carbonyl (C=O) groups is 3. The molecule has 0 saturated carbocycles. The van der Waals surface area contributed by atoms with Gasteiger partial charge in [0.15, 0.2) is 11.5 Å². The predicted molar refractivity (Wildman–Crippen MR) is 132 cm³/mol. The van der Waals surface area contributed by atoms with E-state index in [1.165, 1.54) is 55.7 Å². The summed E-state index contributed by atoms with van der Waals surface area (Å²) in [7, 11) is 1.40. The van der Waals surface area contributed by atoms with Crippen molar-refractivity contribution in [1.29, 1.82) is 0 Å². The molecule has 35 heavy (non-hydrogen) atoms. The zero-order valence-electron chi connectivity index (χ0n) is 18.1. The minimum Gasteiger partial charge on any atom is -0.493 e. The second kappa shape index (κ2) is 10.5. The lowest BCUT2D eigenvalue weighted by Crippen LogP contribution is -2.27. The van der Waals surface area contributed by atoms with Crippen LogP contribution in [0.15, 0.2) is 65.6 Å². The number of amides is 2. The Morgan fingerprint density at radius 1 is 1.06 bits per heavy atom. The average molecular weight is 532 g/mol. The first-order chi connectivity index (χ1) is 16.8. The molecule has 0 bridgehead atoms. The van der Waals surface area contributed by atoms with Gasteiger partial charge in [0.2, 0.25) is 0 Å². The van der Waals surface area contributed by atoms with Gasteiger partial charge in [-0.15, -0.1) is 0 Å². The van der Waals surface area contributed by atoms with Gasteiger partial charge in [0.05, 0.1) is 29.1 Å². The molecular formula is C25H16Cl2FNO5S. The van der Waals surface area contributed by atoms with Gasteiger partial charge in [-0.2, -0.15) is 0 Å². The SMILES string of the molecule is COc1cc(/C=C2\SC(=O)N(Cc3ccccc3F)C2=O)ccc1OC(=O)c1ccc(Cl)cc1Cl. The molecule has 178 valence electrons. The van der Waals surface area contributed by atoms with E-state index in [2.05, 4.69) is 0 Å². The van der Waals surface area contributed by atoms with E-state index < -0.39 is 22.9 Å². The molecule has 0 N–H and O–H groups in total. The Balaban J connectivity index is 1.53. The maximum atomic E-state index is 14.0. The number of carbonyl (C=O) groups excluding carboxylic acids is 3. The molecule has 0 radical (unpaired) electrons. The van der Waals surface area contributed by atoms with Gasteiger partial charge in [0, 0.05) is 10.6 Å². The van der Waals surface area contributed by atoms with Crippen LogP contribution in [0.3, 0.4) is 0 Å². The first kappa shape index (κ1) is 24.8. The van der Waals surface area contributed by atoms with Gasteiger partial charge in [-0.1, -0.05) is 47.5 Å². The van der Waals surface area contributed by atoms with Crippen molar-refractivity contribution in [3.8, 4) is 11.5 Å². The van der Waals surface area contributed by atoms with E-state index in [4.69, 9.17) is 32.7 Å². The summed E-state index contributed by atoms with van der Waals surface area (Å²) in [6, 6.07) is 15.0. The van der Waals surface area contributed by atoms with Crippen molar-refractivity contribution in [3.05, 3.63) is 98.1 Å². The number of hydrogen-bond acceptors (Lipinski definition) is 6. The number of nitrogens with zero attached hydrogens (tertiary/aromatic N) is 1. The Morgan fingerprint density at radius 2 is 1.83 bits per heavy atom. The number of thioether (sulfide) groups is 1. The average Bonchev–Trinajstić information content (AvgIpc) is 3.08. The number of benzene rings is 3.